The van der Waals surface area contributed by atoms with Gasteiger partial charge in [0.25, 0.3) is 5.91 Å². The van der Waals surface area contributed by atoms with Gasteiger partial charge in [-0.2, -0.15) is 13.2 Å². The molecular formula is C20H19F4NO3. The number of carboxylic acids is 1. The van der Waals surface area contributed by atoms with Crippen molar-refractivity contribution in [3.63, 3.8) is 0 Å². The van der Waals surface area contributed by atoms with Gasteiger partial charge in [-0.05, 0) is 36.2 Å². The SMILES string of the molecule is CCC(CN(Cc1ccc(F)cc1C(F)(F)F)C(=O)c1ccccc1)C(=O)O. The topological polar surface area (TPSA) is 57.6 Å². The molecule has 1 amide bonds. The van der Waals surface area contributed by atoms with Gasteiger partial charge in [-0.3, -0.25) is 9.59 Å². The summed E-state index contributed by atoms with van der Waals surface area (Å²) in [6, 6.07) is 10.1. The Hall–Kier alpha value is -2.90. The lowest BCUT2D eigenvalue weighted by atomic mass is 10.0. The standard InChI is InChI=1S/C20H19F4NO3/c1-2-13(19(27)28)11-25(18(26)14-6-4-3-5-7-14)12-15-8-9-16(21)10-17(15)20(22,23)24/h3-10,13H,2,11-12H2,1H3,(H,27,28). The predicted octanol–water partition coefficient (Wildman–Crippen LogP) is 4.60. The van der Waals surface area contributed by atoms with Gasteiger partial charge in [-0.1, -0.05) is 31.2 Å². The van der Waals surface area contributed by atoms with Crippen molar-refractivity contribution in [2.75, 3.05) is 6.54 Å². The summed E-state index contributed by atoms with van der Waals surface area (Å²) in [5.41, 5.74) is -1.28. The minimum Gasteiger partial charge on any atom is -0.481 e. The first-order chi connectivity index (χ1) is 13.1. The van der Waals surface area contributed by atoms with Gasteiger partial charge in [0.2, 0.25) is 0 Å². The minimum atomic E-state index is -4.81. The van der Waals surface area contributed by atoms with E-state index >= 15 is 0 Å². The third-order valence-electron chi connectivity index (χ3n) is 4.33. The second-order valence-electron chi connectivity index (χ2n) is 6.29. The van der Waals surface area contributed by atoms with Crippen LogP contribution >= 0.6 is 0 Å². The number of alkyl halides is 3. The Morgan fingerprint density at radius 2 is 1.75 bits per heavy atom. The highest BCUT2D eigenvalue weighted by Gasteiger charge is 2.35. The molecule has 0 aliphatic carbocycles. The molecule has 4 nitrogen and oxygen atoms in total. The van der Waals surface area contributed by atoms with E-state index in [2.05, 4.69) is 0 Å². The van der Waals surface area contributed by atoms with Gasteiger partial charge in [-0.15, -0.1) is 0 Å². The van der Waals surface area contributed by atoms with Crippen molar-refractivity contribution in [1.82, 2.24) is 4.90 Å². The summed E-state index contributed by atoms with van der Waals surface area (Å²) in [6.45, 7) is 0.851. The predicted molar refractivity (Wildman–Crippen MR) is 94.0 cm³/mol. The van der Waals surface area contributed by atoms with Crippen LogP contribution < -0.4 is 0 Å². The molecule has 28 heavy (non-hydrogen) atoms. The number of aliphatic carboxylic acids is 1. The van der Waals surface area contributed by atoms with Crippen molar-refractivity contribution < 1.29 is 32.3 Å². The second kappa shape index (κ2) is 8.86. The van der Waals surface area contributed by atoms with Crippen LogP contribution in [0.4, 0.5) is 17.6 Å². The van der Waals surface area contributed by atoms with Crippen molar-refractivity contribution in [2.24, 2.45) is 5.92 Å². The van der Waals surface area contributed by atoms with E-state index < -0.39 is 41.9 Å². The molecule has 2 rings (SSSR count). The number of amides is 1. The highest BCUT2D eigenvalue weighted by atomic mass is 19.4. The van der Waals surface area contributed by atoms with Gasteiger partial charge >= 0.3 is 12.1 Å². The van der Waals surface area contributed by atoms with Gasteiger partial charge in [0.1, 0.15) is 5.82 Å². The molecule has 1 unspecified atom stereocenters. The normalized spacial score (nSPS) is 12.5. The first-order valence-electron chi connectivity index (χ1n) is 8.56. The van der Waals surface area contributed by atoms with Gasteiger partial charge in [0, 0.05) is 18.7 Å². The van der Waals surface area contributed by atoms with E-state index in [0.29, 0.717) is 6.07 Å². The molecule has 0 bridgehead atoms. The molecule has 0 heterocycles. The van der Waals surface area contributed by atoms with Crippen molar-refractivity contribution in [3.05, 3.63) is 71.0 Å². The molecule has 0 aliphatic rings. The zero-order valence-electron chi connectivity index (χ0n) is 15.0. The fourth-order valence-electron chi connectivity index (χ4n) is 2.79. The van der Waals surface area contributed by atoms with Crippen molar-refractivity contribution >= 4 is 11.9 Å². The zero-order chi connectivity index (χ0) is 20.9. The van der Waals surface area contributed by atoms with E-state index in [4.69, 9.17) is 0 Å². The largest absolute Gasteiger partial charge is 0.481 e. The number of benzene rings is 2. The quantitative estimate of drug-likeness (QED) is 0.695. The van der Waals surface area contributed by atoms with E-state index in [1.165, 1.54) is 12.1 Å². The lowest BCUT2D eigenvalue weighted by Crippen LogP contribution is -2.37. The van der Waals surface area contributed by atoms with Gasteiger partial charge in [0.05, 0.1) is 11.5 Å². The summed E-state index contributed by atoms with van der Waals surface area (Å²) < 4.78 is 53.2. The van der Waals surface area contributed by atoms with E-state index in [1.807, 2.05) is 0 Å². The maximum absolute atomic E-state index is 13.4. The molecule has 0 saturated carbocycles. The third kappa shape index (κ3) is 5.31. The maximum atomic E-state index is 13.4. The lowest BCUT2D eigenvalue weighted by molar-refractivity contribution is -0.142. The van der Waals surface area contributed by atoms with Crippen molar-refractivity contribution in [3.8, 4) is 0 Å². The highest BCUT2D eigenvalue weighted by molar-refractivity contribution is 5.94. The van der Waals surface area contributed by atoms with E-state index in [1.54, 1.807) is 25.1 Å². The molecule has 1 atom stereocenters. The molecular weight excluding hydrogens is 378 g/mol. The minimum absolute atomic E-state index is 0.198. The zero-order valence-corrected chi connectivity index (χ0v) is 15.0. The Kier molecular flexibility index (Phi) is 6.77. The number of carbonyl (C=O) groups is 2. The molecule has 0 fully saturated rings. The second-order valence-corrected chi connectivity index (χ2v) is 6.29. The molecule has 0 aliphatic heterocycles. The Morgan fingerprint density at radius 1 is 1.11 bits per heavy atom. The first-order valence-corrected chi connectivity index (χ1v) is 8.56. The van der Waals surface area contributed by atoms with E-state index in [-0.39, 0.29) is 24.1 Å². The number of hydrogen-bond acceptors (Lipinski definition) is 2. The summed E-state index contributed by atoms with van der Waals surface area (Å²) in [6.07, 6.45) is -4.61. The molecule has 0 spiro atoms. The van der Waals surface area contributed by atoms with Crippen LogP contribution in [0.3, 0.4) is 0 Å². The summed E-state index contributed by atoms with van der Waals surface area (Å²) in [4.78, 5) is 25.3. The van der Waals surface area contributed by atoms with Crippen LogP contribution in [0.1, 0.15) is 34.8 Å². The van der Waals surface area contributed by atoms with Crippen LogP contribution in [0, 0.1) is 11.7 Å². The number of rotatable bonds is 7. The highest BCUT2D eigenvalue weighted by Crippen LogP contribution is 2.33. The molecule has 150 valence electrons. The number of hydrogen-bond donors (Lipinski definition) is 1. The third-order valence-corrected chi connectivity index (χ3v) is 4.33. The van der Waals surface area contributed by atoms with Crippen molar-refractivity contribution in [2.45, 2.75) is 26.1 Å². The Bertz CT molecular complexity index is 837. The molecule has 0 saturated heterocycles. The fourth-order valence-corrected chi connectivity index (χ4v) is 2.79. The number of halogens is 4. The Labute approximate surface area is 159 Å². The Morgan fingerprint density at radius 3 is 2.29 bits per heavy atom. The summed E-state index contributed by atoms with van der Waals surface area (Å²) in [7, 11) is 0. The maximum Gasteiger partial charge on any atom is 0.416 e. The van der Waals surface area contributed by atoms with E-state index in [0.717, 1.165) is 17.0 Å². The summed E-state index contributed by atoms with van der Waals surface area (Å²) >= 11 is 0. The summed E-state index contributed by atoms with van der Waals surface area (Å²) in [5.74, 6) is -3.74. The average molecular weight is 397 g/mol. The molecule has 0 radical (unpaired) electrons. The number of carboxylic acid groups (broad SMARTS) is 1. The van der Waals surface area contributed by atoms with Crippen LogP contribution in [0.25, 0.3) is 0 Å². The van der Waals surface area contributed by atoms with Gasteiger partial charge in [-0.25, -0.2) is 4.39 Å². The van der Waals surface area contributed by atoms with E-state index in [9.17, 15) is 32.3 Å². The van der Waals surface area contributed by atoms with Crippen LogP contribution in [0.5, 0.6) is 0 Å². The molecule has 2 aromatic carbocycles. The van der Waals surface area contributed by atoms with Crippen LogP contribution in [0.15, 0.2) is 48.5 Å². The first kappa shape index (κ1) is 21.4. The monoisotopic (exact) mass is 397 g/mol. The smallest absolute Gasteiger partial charge is 0.416 e. The van der Waals surface area contributed by atoms with Crippen LogP contribution in [0.2, 0.25) is 0 Å². The lowest BCUT2D eigenvalue weighted by Gasteiger charge is -2.27. The molecule has 0 aromatic heterocycles. The summed E-state index contributed by atoms with van der Waals surface area (Å²) in [5, 5.41) is 9.29. The molecule has 8 heteroatoms. The number of carbonyl (C=O) groups excluding carboxylic acids is 1. The van der Waals surface area contributed by atoms with Crippen LogP contribution in [-0.2, 0) is 17.5 Å². The Balaban J connectivity index is 2.43. The number of nitrogens with zero attached hydrogens (tertiary/aromatic N) is 1. The molecule has 1 N–H and O–H groups in total. The molecule has 2 aromatic rings. The average Bonchev–Trinajstić information content (AvgIpc) is 2.65. The van der Waals surface area contributed by atoms with Gasteiger partial charge in [0.15, 0.2) is 0 Å². The fraction of sp³-hybridized carbons (Fsp3) is 0.300. The van der Waals surface area contributed by atoms with Crippen LogP contribution in [-0.4, -0.2) is 28.4 Å². The van der Waals surface area contributed by atoms with Crippen molar-refractivity contribution in [1.29, 1.82) is 0 Å². The van der Waals surface area contributed by atoms with Gasteiger partial charge < -0.3 is 10.0 Å².